The first-order valence-electron chi connectivity index (χ1n) is 10.2. The van der Waals surface area contributed by atoms with Crippen LogP contribution in [0.15, 0.2) is 82.6 Å². The predicted octanol–water partition coefficient (Wildman–Crippen LogP) is 6.34. The fraction of sp³-hybridized carbons (Fsp3) is 0.0400. The molecule has 0 N–H and O–H groups in total. The Morgan fingerprint density at radius 2 is 1.06 bits per heavy atom. The Morgan fingerprint density at radius 1 is 0.629 bits per heavy atom. The number of halogens is 2. The molecule has 5 aromatic rings. The fourth-order valence-electron chi connectivity index (χ4n) is 4.29. The largest absolute Gasteiger partial charge is 0.744 e. The third kappa shape index (κ3) is 4.08. The highest BCUT2D eigenvalue weighted by Crippen LogP contribution is 2.43. The van der Waals surface area contributed by atoms with E-state index in [0.29, 0.717) is 7.14 Å². The average molecular weight is 729 g/mol. The summed E-state index contributed by atoms with van der Waals surface area (Å²) < 4.78 is 71.1. The Labute approximate surface area is 229 Å². The number of hydrogen-bond donors (Lipinski definition) is 0. The molecule has 0 fully saturated rings. The van der Waals surface area contributed by atoms with Gasteiger partial charge in [-0.3, -0.25) is 0 Å². The molecular weight excluding hydrogens is 714 g/mol. The second-order valence-electron chi connectivity index (χ2n) is 7.87. The maximum atomic E-state index is 13.8. The molecule has 5 rings (SSSR count). The summed E-state index contributed by atoms with van der Waals surface area (Å²) in [6, 6.07) is 20.0. The van der Waals surface area contributed by atoms with Gasteiger partial charge in [0.25, 0.3) is 0 Å². The van der Waals surface area contributed by atoms with Crippen LogP contribution in [0.3, 0.4) is 0 Å². The smallest absolute Gasteiger partial charge is 0.341 e. The molecular formula is C25H15I2O6S2-. The number of hydrogen-bond acceptors (Lipinski definition) is 6. The zero-order chi connectivity index (χ0) is 25.1. The molecule has 35 heavy (non-hydrogen) atoms. The molecule has 0 saturated carbocycles. The Kier molecular flexibility index (Phi) is 6.23. The third-order valence-electron chi connectivity index (χ3n) is 5.82. The van der Waals surface area contributed by atoms with Crippen molar-refractivity contribution in [2.75, 3.05) is 0 Å². The zero-order valence-corrected chi connectivity index (χ0v) is 23.9. The molecule has 5 aromatic carbocycles. The lowest BCUT2D eigenvalue weighted by Crippen LogP contribution is -2.15. The SMILES string of the molecule is Cc1c(I)c(S(=O)(=O)Oc2c3ccccc3c(S(=O)(=O)[O-])c3ccccc23)c(I)c2ccccc12. The van der Waals surface area contributed by atoms with E-state index in [0.717, 1.165) is 16.3 Å². The molecule has 0 unspecified atom stereocenters. The van der Waals surface area contributed by atoms with Crippen LogP contribution in [0.25, 0.3) is 32.3 Å². The van der Waals surface area contributed by atoms with Crippen molar-refractivity contribution in [1.82, 2.24) is 0 Å². The summed E-state index contributed by atoms with van der Waals surface area (Å²) >= 11 is 4.03. The molecule has 6 nitrogen and oxygen atoms in total. The summed E-state index contributed by atoms with van der Waals surface area (Å²) in [5.41, 5.74) is 0.811. The minimum Gasteiger partial charge on any atom is -0.744 e. The van der Waals surface area contributed by atoms with E-state index < -0.39 is 25.1 Å². The number of benzene rings is 5. The first kappa shape index (κ1) is 24.7. The first-order valence-corrected chi connectivity index (χ1v) is 15.2. The normalized spacial score (nSPS) is 12.5. The van der Waals surface area contributed by atoms with Crippen molar-refractivity contribution in [3.8, 4) is 5.75 Å². The Bertz CT molecular complexity index is 1840. The second-order valence-corrected chi connectivity index (χ2v) is 12.8. The van der Waals surface area contributed by atoms with E-state index in [2.05, 4.69) is 0 Å². The van der Waals surface area contributed by atoms with Gasteiger partial charge in [-0.15, -0.1) is 0 Å². The van der Waals surface area contributed by atoms with E-state index in [9.17, 15) is 21.4 Å². The summed E-state index contributed by atoms with van der Waals surface area (Å²) in [6.45, 7) is 1.86. The van der Waals surface area contributed by atoms with Crippen LogP contribution in [0.1, 0.15) is 5.56 Å². The van der Waals surface area contributed by atoms with E-state index in [1.54, 1.807) is 36.4 Å². The Balaban J connectivity index is 1.85. The van der Waals surface area contributed by atoms with Crippen molar-refractivity contribution in [1.29, 1.82) is 0 Å². The molecule has 0 amide bonds. The maximum Gasteiger partial charge on any atom is 0.341 e. The predicted molar refractivity (Wildman–Crippen MR) is 151 cm³/mol. The third-order valence-corrected chi connectivity index (χ3v) is 11.3. The highest BCUT2D eigenvalue weighted by Gasteiger charge is 2.29. The van der Waals surface area contributed by atoms with Crippen molar-refractivity contribution in [3.63, 3.8) is 0 Å². The van der Waals surface area contributed by atoms with Gasteiger partial charge in [0.1, 0.15) is 15.0 Å². The highest BCUT2D eigenvalue weighted by atomic mass is 127. The maximum absolute atomic E-state index is 13.8. The van der Waals surface area contributed by atoms with Gasteiger partial charge in [0.05, 0.1) is 4.90 Å². The van der Waals surface area contributed by atoms with Gasteiger partial charge < -0.3 is 8.74 Å². The van der Waals surface area contributed by atoms with Crippen molar-refractivity contribution >= 4 is 97.7 Å². The highest BCUT2D eigenvalue weighted by molar-refractivity contribution is 14.1. The van der Waals surface area contributed by atoms with E-state index in [4.69, 9.17) is 4.18 Å². The molecule has 0 atom stereocenters. The van der Waals surface area contributed by atoms with Crippen LogP contribution in [-0.4, -0.2) is 21.4 Å². The molecule has 0 spiro atoms. The van der Waals surface area contributed by atoms with E-state index in [1.165, 1.54) is 12.1 Å². The molecule has 0 saturated heterocycles. The summed E-state index contributed by atoms with van der Waals surface area (Å²) in [5.74, 6) is -0.0268. The van der Waals surface area contributed by atoms with Crippen LogP contribution in [-0.2, 0) is 20.2 Å². The lowest BCUT2D eigenvalue weighted by molar-refractivity contribution is 0.465. The summed E-state index contributed by atoms with van der Waals surface area (Å²) in [4.78, 5) is -0.359. The van der Waals surface area contributed by atoms with Crippen LogP contribution >= 0.6 is 45.2 Å². The van der Waals surface area contributed by atoms with E-state index >= 15 is 0 Å². The lowest BCUT2D eigenvalue weighted by atomic mass is 10.0. The minimum absolute atomic E-state index is 0.0268. The van der Waals surface area contributed by atoms with Gasteiger partial charge in [0.2, 0.25) is 0 Å². The molecule has 178 valence electrons. The molecule has 0 aromatic heterocycles. The molecule has 0 aliphatic carbocycles. The minimum atomic E-state index is -4.87. The van der Waals surface area contributed by atoms with Crippen molar-refractivity contribution in [2.24, 2.45) is 0 Å². The molecule has 0 radical (unpaired) electrons. The quantitative estimate of drug-likeness (QED) is 0.0928. The van der Waals surface area contributed by atoms with Gasteiger partial charge in [-0.1, -0.05) is 72.8 Å². The van der Waals surface area contributed by atoms with E-state index in [-0.39, 0.29) is 32.2 Å². The van der Waals surface area contributed by atoms with Crippen LogP contribution in [0, 0.1) is 14.1 Å². The topological polar surface area (TPSA) is 101 Å². The van der Waals surface area contributed by atoms with Gasteiger partial charge in [-0.05, 0) is 68.4 Å². The second kappa shape index (κ2) is 8.83. The van der Waals surface area contributed by atoms with Crippen molar-refractivity contribution < 1.29 is 25.6 Å². The summed E-state index contributed by atoms with van der Waals surface area (Å²) in [6.07, 6.45) is 0. The summed E-state index contributed by atoms with van der Waals surface area (Å²) in [7, 11) is -9.23. The molecule has 0 aliphatic heterocycles. The monoisotopic (exact) mass is 729 g/mol. The van der Waals surface area contributed by atoms with Gasteiger partial charge in [-0.2, -0.15) is 8.42 Å². The molecule has 0 aliphatic rings. The van der Waals surface area contributed by atoms with Crippen LogP contribution in [0.2, 0.25) is 0 Å². The number of rotatable bonds is 4. The van der Waals surface area contributed by atoms with Crippen LogP contribution < -0.4 is 4.18 Å². The van der Waals surface area contributed by atoms with Crippen LogP contribution in [0.5, 0.6) is 5.75 Å². The van der Waals surface area contributed by atoms with E-state index in [1.807, 2.05) is 76.4 Å². The van der Waals surface area contributed by atoms with Crippen LogP contribution in [0.4, 0.5) is 0 Å². The Hall–Kier alpha value is -2.00. The van der Waals surface area contributed by atoms with Gasteiger partial charge >= 0.3 is 10.1 Å². The molecule has 0 heterocycles. The van der Waals surface area contributed by atoms with Crippen molar-refractivity contribution in [3.05, 3.63) is 85.5 Å². The molecule has 10 heteroatoms. The van der Waals surface area contributed by atoms with Gasteiger partial charge in [0, 0.05) is 28.7 Å². The van der Waals surface area contributed by atoms with Gasteiger partial charge in [0.15, 0.2) is 5.75 Å². The number of fused-ring (bicyclic) bond motifs is 3. The first-order chi connectivity index (χ1) is 16.5. The average Bonchev–Trinajstić information content (AvgIpc) is 2.81. The lowest BCUT2D eigenvalue weighted by Gasteiger charge is -2.20. The number of aryl methyl sites for hydroxylation is 1. The summed E-state index contributed by atoms with van der Waals surface area (Å²) in [5, 5.41) is 2.37. The fourth-order valence-corrected chi connectivity index (χ4v) is 9.80. The zero-order valence-electron chi connectivity index (χ0n) is 18.0. The van der Waals surface area contributed by atoms with Gasteiger partial charge in [-0.25, -0.2) is 8.42 Å². The Morgan fingerprint density at radius 3 is 1.54 bits per heavy atom. The van der Waals surface area contributed by atoms with Crippen molar-refractivity contribution in [2.45, 2.75) is 16.7 Å². The molecule has 0 bridgehead atoms. The standard InChI is InChI=1S/C25H16I2O6S2/c1-14-15-8-2-3-9-16(15)22(27)25(21(14)26)35(31,32)33-23-17-10-4-6-12-19(17)24(34(28,29)30)20-13-7-5-11-18(20)23/h2-13H,1H3,(H,28,29,30)/p-1.